The summed E-state index contributed by atoms with van der Waals surface area (Å²) in [6.07, 6.45) is -0.443. The van der Waals surface area contributed by atoms with Crippen LogP contribution in [0.5, 0.6) is 0 Å². The van der Waals surface area contributed by atoms with Crippen LogP contribution in [-0.4, -0.2) is 34.8 Å². The molecular weight excluding hydrogens is 272 g/mol. The second-order valence-corrected chi connectivity index (χ2v) is 5.27. The van der Waals surface area contributed by atoms with Crippen LogP contribution in [0, 0.1) is 5.92 Å². The molecule has 2 unspecified atom stereocenters. The number of hydrogen-bond acceptors (Lipinski definition) is 4. The minimum absolute atomic E-state index is 0.206. The molecule has 0 fully saturated rings. The number of amides is 1. The van der Waals surface area contributed by atoms with Crippen LogP contribution in [0.25, 0.3) is 0 Å². The molecule has 0 saturated heterocycles. The van der Waals surface area contributed by atoms with Crippen LogP contribution in [0.2, 0.25) is 0 Å². The van der Waals surface area contributed by atoms with E-state index in [1.807, 2.05) is 30.3 Å². The van der Waals surface area contributed by atoms with E-state index in [9.17, 15) is 9.59 Å². The number of aliphatic carboxylic acids is 1. The summed E-state index contributed by atoms with van der Waals surface area (Å²) in [5, 5.41) is 15.5. The molecule has 1 aromatic rings. The van der Waals surface area contributed by atoms with Crippen molar-refractivity contribution in [2.75, 3.05) is 0 Å². The standard InChI is InChI=1S/C15H18N2O4/c1-9(2)13(15(19)20)16-14(18)12-8-11(17-21-12)10-6-4-3-5-7-10/h3-7,9,12-13H,8H2,1-2H3,(H,16,18)(H,19,20). The molecular formula is C15H18N2O4. The van der Waals surface area contributed by atoms with Crippen LogP contribution in [0.1, 0.15) is 25.8 Å². The number of benzene rings is 1. The van der Waals surface area contributed by atoms with Gasteiger partial charge in [0.1, 0.15) is 6.04 Å². The second kappa shape index (κ2) is 6.39. The molecule has 1 aliphatic rings. The number of oxime groups is 1. The molecule has 2 atom stereocenters. The van der Waals surface area contributed by atoms with Gasteiger partial charge < -0.3 is 15.3 Å². The van der Waals surface area contributed by atoms with E-state index in [2.05, 4.69) is 10.5 Å². The first-order valence-electron chi connectivity index (χ1n) is 6.80. The first-order chi connectivity index (χ1) is 9.99. The monoisotopic (exact) mass is 290 g/mol. The first kappa shape index (κ1) is 15.0. The quantitative estimate of drug-likeness (QED) is 0.858. The van der Waals surface area contributed by atoms with E-state index in [1.54, 1.807) is 13.8 Å². The lowest BCUT2D eigenvalue weighted by molar-refractivity contribution is -0.145. The third kappa shape index (κ3) is 3.59. The maximum atomic E-state index is 12.1. The highest BCUT2D eigenvalue weighted by Crippen LogP contribution is 2.17. The molecule has 1 heterocycles. The number of carboxylic acids is 1. The summed E-state index contributed by atoms with van der Waals surface area (Å²) in [4.78, 5) is 28.3. The van der Waals surface area contributed by atoms with Crippen LogP contribution in [0.4, 0.5) is 0 Å². The van der Waals surface area contributed by atoms with Crippen LogP contribution in [0.3, 0.4) is 0 Å². The highest BCUT2D eigenvalue weighted by molar-refractivity contribution is 6.04. The number of carboxylic acid groups (broad SMARTS) is 1. The van der Waals surface area contributed by atoms with E-state index in [-0.39, 0.29) is 5.92 Å². The Morgan fingerprint density at radius 1 is 1.33 bits per heavy atom. The maximum Gasteiger partial charge on any atom is 0.326 e. The van der Waals surface area contributed by atoms with Gasteiger partial charge >= 0.3 is 5.97 Å². The maximum absolute atomic E-state index is 12.1. The van der Waals surface area contributed by atoms with Crippen molar-refractivity contribution in [2.45, 2.75) is 32.4 Å². The van der Waals surface area contributed by atoms with Crippen molar-refractivity contribution in [2.24, 2.45) is 11.1 Å². The smallest absolute Gasteiger partial charge is 0.326 e. The van der Waals surface area contributed by atoms with Crippen LogP contribution < -0.4 is 5.32 Å². The Hall–Kier alpha value is -2.37. The molecule has 0 spiro atoms. The van der Waals surface area contributed by atoms with Gasteiger partial charge in [-0.15, -0.1) is 0 Å². The van der Waals surface area contributed by atoms with Crippen LogP contribution in [-0.2, 0) is 14.4 Å². The molecule has 2 rings (SSSR count). The Labute approximate surface area is 122 Å². The molecule has 1 aromatic carbocycles. The minimum Gasteiger partial charge on any atom is -0.480 e. The normalized spacial score (nSPS) is 18.8. The molecule has 0 saturated carbocycles. The van der Waals surface area contributed by atoms with Crippen molar-refractivity contribution in [1.29, 1.82) is 0 Å². The van der Waals surface area contributed by atoms with E-state index in [4.69, 9.17) is 9.94 Å². The van der Waals surface area contributed by atoms with Crippen molar-refractivity contribution in [1.82, 2.24) is 5.32 Å². The number of carbonyl (C=O) groups excluding carboxylic acids is 1. The lowest BCUT2D eigenvalue weighted by Gasteiger charge is -2.19. The third-order valence-corrected chi connectivity index (χ3v) is 3.30. The number of hydrogen-bond donors (Lipinski definition) is 2. The molecule has 0 bridgehead atoms. The van der Waals surface area contributed by atoms with E-state index in [0.29, 0.717) is 12.1 Å². The van der Waals surface area contributed by atoms with Crippen LogP contribution >= 0.6 is 0 Å². The topological polar surface area (TPSA) is 88.0 Å². The van der Waals surface area contributed by atoms with Gasteiger partial charge in [-0.05, 0) is 11.5 Å². The molecule has 0 radical (unpaired) electrons. The van der Waals surface area contributed by atoms with E-state index in [0.717, 1.165) is 5.56 Å². The lowest BCUT2D eigenvalue weighted by atomic mass is 10.0. The Kier molecular flexibility index (Phi) is 4.57. The number of carbonyl (C=O) groups is 2. The van der Waals surface area contributed by atoms with Gasteiger partial charge in [0.15, 0.2) is 0 Å². The van der Waals surface area contributed by atoms with Crippen molar-refractivity contribution in [3.63, 3.8) is 0 Å². The van der Waals surface area contributed by atoms with Gasteiger partial charge in [0.05, 0.1) is 5.71 Å². The van der Waals surface area contributed by atoms with Gasteiger partial charge in [-0.2, -0.15) is 0 Å². The van der Waals surface area contributed by atoms with Gasteiger partial charge in [-0.1, -0.05) is 49.3 Å². The fraction of sp³-hybridized carbons (Fsp3) is 0.400. The van der Waals surface area contributed by atoms with E-state index in [1.165, 1.54) is 0 Å². The van der Waals surface area contributed by atoms with E-state index < -0.39 is 24.0 Å². The number of nitrogens with one attached hydrogen (secondary N) is 1. The zero-order chi connectivity index (χ0) is 15.4. The molecule has 112 valence electrons. The van der Waals surface area contributed by atoms with Gasteiger partial charge in [-0.3, -0.25) is 4.79 Å². The predicted octanol–water partition coefficient (Wildman–Crippen LogP) is 1.40. The predicted molar refractivity (Wildman–Crippen MR) is 76.9 cm³/mol. The van der Waals surface area contributed by atoms with Gasteiger partial charge in [0.25, 0.3) is 5.91 Å². The van der Waals surface area contributed by atoms with E-state index >= 15 is 0 Å². The average Bonchev–Trinajstić information content (AvgIpc) is 2.94. The zero-order valence-electron chi connectivity index (χ0n) is 11.9. The molecule has 21 heavy (non-hydrogen) atoms. The lowest BCUT2D eigenvalue weighted by Crippen LogP contribution is -2.48. The summed E-state index contributed by atoms with van der Waals surface area (Å²) in [6, 6.07) is 8.49. The summed E-state index contributed by atoms with van der Waals surface area (Å²) in [6.45, 7) is 3.47. The molecule has 2 N–H and O–H groups in total. The Bertz CT molecular complexity index is 554. The third-order valence-electron chi connectivity index (χ3n) is 3.30. The largest absolute Gasteiger partial charge is 0.480 e. The number of rotatable bonds is 5. The Balaban J connectivity index is 1.96. The van der Waals surface area contributed by atoms with Crippen molar-refractivity contribution < 1.29 is 19.5 Å². The average molecular weight is 290 g/mol. The molecule has 6 heteroatoms. The molecule has 0 aromatic heterocycles. The summed E-state index contributed by atoms with van der Waals surface area (Å²) < 4.78 is 0. The van der Waals surface area contributed by atoms with Crippen molar-refractivity contribution in [3.8, 4) is 0 Å². The summed E-state index contributed by atoms with van der Waals surface area (Å²) in [5.74, 6) is -1.71. The van der Waals surface area contributed by atoms with Gasteiger partial charge in [0, 0.05) is 6.42 Å². The van der Waals surface area contributed by atoms with Gasteiger partial charge in [-0.25, -0.2) is 4.79 Å². The summed E-state index contributed by atoms with van der Waals surface area (Å²) in [7, 11) is 0. The highest BCUT2D eigenvalue weighted by atomic mass is 16.6. The molecule has 1 amide bonds. The molecule has 1 aliphatic heterocycles. The van der Waals surface area contributed by atoms with Crippen molar-refractivity contribution in [3.05, 3.63) is 35.9 Å². The highest BCUT2D eigenvalue weighted by Gasteiger charge is 2.32. The van der Waals surface area contributed by atoms with Crippen molar-refractivity contribution >= 4 is 17.6 Å². The molecule has 6 nitrogen and oxygen atoms in total. The number of nitrogens with zero attached hydrogens (tertiary/aromatic N) is 1. The first-order valence-corrected chi connectivity index (χ1v) is 6.80. The Morgan fingerprint density at radius 3 is 2.57 bits per heavy atom. The fourth-order valence-electron chi connectivity index (χ4n) is 2.08. The fourth-order valence-corrected chi connectivity index (χ4v) is 2.08. The molecule has 0 aliphatic carbocycles. The summed E-state index contributed by atoms with van der Waals surface area (Å²) >= 11 is 0. The minimum atomic E-state index is -1.06. The zero-order valence-corrected chi connectivity index (χ0v) is 11.9. The summed E-state index contributed by atoms with van der Waals surface area (Å²) in [5.41, 5.74) is 1.58. The Morgan fingerprint density at radius 2 is 2.00 bits per heavy atom. The SMILES string of the molecule is CC(C)C(NC(=O)C1CC(c2ccccc2)=NO1)C(=O)O. The van der Waals surface area contributed by atoms with Gasteiger partial charge in [0.2, 0.25) is 6.10 Å². The van der Waals surface area contributed by atoms with Crippen LogP contribution in [0.15, 0.2) is 35.5 Å². The second-order valence-electron chi connectivity index (χ2n) is 5.27.